The minimum atomic E-state index is -0.316. The molecule has 0 aromatic rings. The molecule has 0 saturated carbocycles. The van der Waals surface area contributed by atoms with E-state index in [-0.39, 0.29) is 11.5 Å². The number of amides is 1. The van der Waals surface area contributed by atoms with Crippen LogP contribution in [0.4, 0.5) is 0 Å². The summed E-state index contributed by atoms with van der Waals surface area (Å²) in [7, 11) is 0. The Bertz CT molecular complexity index is 316. The number of rotatable bonds is 7. The molecule has 0 aliphatic rings. The summed E-state index contributed by atoms with van der Waals surface area (Å²) >= 11 is 0. The van der Waals surface area contributed by atoms with Crippen molar-refractivity contribution in [3.63, 3.8) is 0 Å². The van der Waals surface area contributed by atoms with Crippen molar-refractivity contribution in [2.75, 3.05) is 19.6 Å². The molecular weight excluding hydrogens is 202 g/mol. The van der Waals surface area contributed by atoms with E-state index in [2.05, 4.69) is 18.5 Å². The van der Waals surface area contributed by atoms with Crippen LogP contribution < -0.4 is 5.32 Å². The zero-order valence-corrected chi connectivity index (χ0v) is 9.57. The van der Waals surface area contributed by atoms with Crippen LogP contribution in [0.15, 0.2) is 37.1 Å². The summed E-state index contributed by atoms with van der Waals surface area (Å²) in [6.07, 6.45) is 4.66. The molecule has 16 heavy (non-hydrogen) atoms. The molecule has 86 valence electrons. The van der Waals surface area contributed by atoms with E-state index in [4.69, 9.17) is 5.26 Å². The molecule has 0 unspecified atom stereocenters. The van der Waals surface area contributed by atoms with E-state index in [1.165, 1.54) is 11.1 Å². The summed E-state index contributed by atoms with van der Waals surface area (Å²) in [4.78, 5) is 13.4. The lowest BCUT2D eigenvalue weighted by molar-refractivity contribution is -0.125. The van der Waals surface area contributed by atoms with Gasteiger partial charge in [-0.05, 0) is 6.92 Å². The van der Waals surface area contributed by atoms with E-state index in [1.807, 2.05) is 13.0 Å². The van der Waals surface area contributed by atoms with Crippen molar-refractivity contribution >= 4 is 5.91 Å². The van der Waals surface area contributed by atoms with Crippen LogP contribution in [0.25, 0.3) is 0 Å². The third-order valence-corrected chi connectivity index (χ3v) is 1.79. The fraction of sp³-hybridized carbons (Fsp3) is 0.333. The molecule has 0 radical (unpaired) electrons. The second-order valence-electron chi connectivity index (χ2n) is 3.01. The van der Waals surface area contributed by atoms with E-state index in [1.54, 1.807) is 12.2 Å². The van der Waals surface area contributed by atoms with Crippen LogP contribution in [-0.2, 0) is 4.79 Å². The van der Waals surface area contributed by atoms with Crippen LogP contribution in [-0.4, -0.2) is 30.4 Å². The van der Waals surface area contributed by atoms with Crippen LogP contribution in [0.2, 0.25) is 0 Å². The summed E-state index contributed by atoms with van der Waals surface area (Å²) in [6.45, 7) is 10.5. The Labute approximate surface area is 96.5 Å². The minimum Gasteiger partial charge on any atom is -0.390 e. The molecule has 0 bridgehead atoms. The fourth-order valence-corrected chi connectivity index (χ4v) is 1.07. The Kier molecular flexibility index (Phi) is 7.25. The monoisotopic (exact) mass is 219 g/mol. The van der Waals surface area contributed by atoms with Crippen molar-refractivity contribution in [3.8, 4) is 6.07 Å². The van der Waals surface area contributed by atoms with Gasteiger partial charge in [-0.1, -0.05) is 12.2 Å². The van der Waals surface area contributed by atoms with Gasteiger partial charge in [-0.15, -0.1) is 13.2 Å². The van der Waals surface area contributed by atoms with Gasteiger partial charge in [0.05, 0.1) is 0 Å². The highest BCUT2D eigenvalue weighted by Gasteiger charge is 2.15. The summed E-state index contributed by atoms with van der Waals surface area (Å²) in [5, 5.41) is 11.7. The molecule has 0 heterocycles. The number of hydrogen-bond donors (Lipinski definition) is 1. The molecule has 1 N–H and O–H groups in total. The largest absolute Gasteiger partial charge is 0.390 e. The predicted molar refractivity (Wildman–Crippen MR) is 64.3 cm³/mol. The molecule has 1 amide bonds. The summed E-state index contributed by atoms with van der Waals surface area (Å²) in [6, 6.07) is 1.87. The Morgan fingerprint density at radius 1 is 1.44 bits per heavy atom. The van der Waals surface area contributed by atoms with Crippen molar-refractivity contribution in [2.24, 2.45) is 0 Å². The number of hydrogen-bond acceptors (Lipinski definition) is 3. The number of carbonyl (C=O) groups is 1. The maximum atomic E-state index is 11.9. The van der Waals surface area contributed by atoms with E-state index in [9.17, 15) is 4.79 Å². The first kappa shape index (κ1) is 14.0. The Hall–Kier alpha value is -2.02. The first-order valence-electron chi connectivity index (χ1n) is 5.05. The van der Waals surface area contributed by atoms with E-state index < -0.39 is 0 Å². The van der Waals surface area contributed by atoms with Gasteiger partial charge in [-0.25, -0.2) is 0 Å². The quantitative estimate of drug-likeness (QED) is 0.398. The van der Waals surface area contributed by atoms with Crippen molar-refractivity contribution in [1.29, 1.82) is 5.26 Å². The van der Waals surface area contributed by atoms with E-state index in [0.29, 0.717) is 19.6 Å². The zero-order chi connectivity index (χ0) is 12.4. The second-order valence-corrected chi connectivity index (χ2v) is 3.01. The highest BCUT2D eigenvalue weighted by atomic mass is 16.2. The van der Waals surface area contributed by atoms with Crippen LogP contribution in [0.1, 0.15) is 6.92 Å². The Morgan fingerprint density at radius 2 is 2.00 bits per heavy atom. The summed E-state index contributed by atoms with van der Waals surface area (Å²) < 4.78 is 0. The topological polar surface area (TPSA) is 56.1 Å². The fourth-order valence-electron chi connectivity index (χ4n) is 1.07. The molecule has 4 nitrogen and oxygen atoms in total. The predicted octanol–water partition coefficient (Wildman–Crippen LogP) is 1.20. The van der Waals surface area contributed by atoms with E-state index in [0.717, 1.165) is 0 Å². The standard InChI is InChI=1S/C12H17N3O/c1-4-7-15(8-5-2)12(16)11(9-13)10-14-6-3/h4-5,10,14H,1-2,6-8H2,3H3/b11-10-. The maximum absolute atomic E-state index is 11.9. The lowest BCUT2D eigenvalue weighted by Gasteiger charge is -2.18. The minimum absolute atomic E-state index is 0.0885. The number of nitrogens with zero attached hydrogens (tertiary/aromatic N) is 2. The Balaban J connectivity index is 4.74. The molecule has 4 heteroatoms. The van der Waals surface area contributed by atoms with Gasteiger partial charge in [0.1, 0.15) is 11.6 Å². The van der Waals surface area contributed by atoms with Gasteiger partial charge >= 0.3 is 0 Å². The van der Waals surface area contributed by atoms with E-state index >= 15 is 0 Å². The van der Waals surface area contributed by atoms with Crippen LogP contribution in [0, 0.1) is 11.3 Å². The van der Waals surface area contributed by atoms with Gasteiger partial charge in [0.15, 0.2) is 0 Å². The molecule has 0 rings (SSSR count). The molecular formula is C12H17N3O. The van der Waals surface area contributed by atoms with Gasteiger partial charge in [-0.3, -0.25) is 4.79 Å². The average molecular weight is 219 g/mol. The third kappa shape index (κ3) is 4.47. The van der Waals surface area contributed by atoms with Gasteiger partial charge in [0.2, 0.25) is 0 Å². The average Bonchev–Trinajstić information content (AvgIpc) is 2.29. The molecule has 0 aromatic carbocycles. The van der Waals surface area contributed by atoms with Crippen LogP contribution >= 0.6 is 0 Å². The molecule has 0 saturated heterocycles. The molecule has 0 atom stereocenters. The summed E-state index contributed by atoms with van der Waals surface area (Å²) in [5.41, 5.74) is 0.0885. The highest BCUT2D eigenvalue weighted by molar-refractivity contribution is 5.97. The zero-order valence-electron chi connectivity index (χ0n) is 9.57. The number of carbonyl (C=O) groups excluding carboxylic acids is 1. The van der Waals surface area contributed by atoms with Crippen molar-refractivity contribution in [2.45, 2.75) is 6.92 Å². The maximum Gasteiger partial charge on any atom is 0.266 e. The van der Waals surface area contributed by atoms with Crippen LogP contribution in [0.3, 0.4) is 0 Å². The Morgan fingerprint density at radius 3 is 2.38 bits per heavy atom. The first-order valence-corrected chi connectivity index (χ1v) is 5.05. The van der Waals surface area contributed by atoms with Crippen molar-refractivity contribution < 1.29 is 4.79 Å². The molecule has 0 aliphatic carbocycles. The van der Waals surface area contributed by atoms with Gasteiger partial charge in [-0.2, -0.15) is 5.26 Å². The lowest BCUT2D eigenvalue weighted by atomic mass is 10.2. The van der Waals surface area contributed by atoms with Gasteiger partial charge in [0.25, 0.3) is 5.91 Å². The third-order valence-electron chi connectivity index (χ3n) is 1.79. The highest BCUT2D eigenvalue weighted by Crippen LogP contribution is 2.00. The molecule has 0 aromatic heterocycles. The second kappa shape index (κ2) is 8.30. The normalized spacial score (nSPS) is 10.1. The number of nitriles is 1. The smallest absolute Gasteiger partial charge is 0.266 e. The SMILES string of the molecule is C=CCN(CC=C)C(=O)/C(C#N)=C\NCC. The first-order chi connectivity index (χ1) is 7.71. The number of nitrogens with one attached hydrogen (secondary N) is 1. The molecule has 0 aliphatic heterocycles. The van der Waals surface area contributed by atoms with Crippen LogP contribution in [0.5, 0.6) is 0 Å². The van der Waals surface area contributed by atoms with Gasteiger partial charge < -0.3 is 10.2 Å². The van der Waals surface area contributed by atoms with Gasteiger partial charge in [0, 0.05) is 25.8 Å². The summed E-state index contributed by atoms with van der Waals surface area (Å²) in [5.74, 6) is -0.316. The van der Waals surface area contributed by atoms with Crippen molar-refractivity contribution in [3.05, 3.63) is 37.1 Å². The lowest BCUT2D eigenvalue weighted by Crippen LogP contribution is -2.32. The molecule has 0 spiro atoms. The molecule has 0 fully saturated rings. The van der Waals surface area contributed by atoms with Crippen molar-refractivity contribution in [1.82, 2.24) is 10.2 Å².